The molecule has 7 nitrogen and oxygen atoms in total. The summed E-state index contributed by atoms with van der Waals surface area (Å²) in [5.74, 6) is 0.788. The van der Waals surface area contributed by atoms with Crippen LogP contribution in [0.3, 0.4) is 0 Å². The largest absolute Gasteiger partial charge is 0.493 e. The lowest BCUT2D eigenvalue weighted by Gasteiger charge is -2.24. The second-order valence-corrected chi connectivity index (χ2v) is 6.86. The van der Waals surface area contributed by atoms with E-state index in [4.69, 9.17) is 9.47 Å². The molecule has 0 bridgehead atoms. The van der Waals surface area contributed by atoms with Gasteiger partial charge in [-0.15, -0.1) is 0 Å². The summed E-state index contributed by atoms with van der Waals surface area (Å²) in [5, 5.41) is 1.91. The second-order valence-electron chi connectivity index (χ2n) is 5.84. The molecule has 1 aliphatic heterocycles. The van der Waals surface area contributed by atoms with E-state index < -0.39 is 0 Å². The Morgan fingerprint density at radius 2 is 1.72 bits per heavy atom. The minimum atomic E-state index is -0.383. The zero-order valence-corrected chi connectivity index (χ0v) is 15.9. The molecule has 0 spiro atoms. The van der Waals surface area contributed by atoms with Crippen molar-refractivity contribution in [2.75, 3.05) is 53.4 Å². The van der Waals surface area contributed by atoms with Crippen LogP contribution in [0.25, 0.3) is 6.08 Å². The van der Waals surface area contributed by atoms with Gasteiger partial charge in [0.2, 0.25) is 0 Å². The molecule has 1 N–H and O–H groups in total. The molecule has 136 valence electrons. The summed E-state index contributed by atoms with van der Waals surface area (Å²) in [6, 6.07) is 3.68. The zero-order valence-electron chi connectivity index (χ0n) is 15.1. The van der Waals surface area contributed by atoms with Gasteiger partial charge in [-0.05, 0) is 38.0 Å². The molecule has 8 heteroatoms. The van der Waals surface area contributed by atoms with Crippen molar-refractivity contribution < 1.29 is 19.1 Å². The van der Waals surface area contributed by atoms with Gasteiger partial charge in [0.05, 0.1) is 19.1 Å². The van der Waals surface area contributed by atoms with Crippen LogP contribution in [0.5, 0.6) is 11.5 Å². The zero-order chi connectivity index (χ0) is 18.6. The van der Waals surface area contributed by atoms with Gasteiger partial charge >= 0.3 is 0 Å². The van der Waals surface area contributed by atoms with Gasteiger partial charge in [-0.25, -0.2) is 0 Å². The molecule has 0 unspecified atom stereocenters. The number of methoxy groups -OCH3 is 2. The number of rotatable bonds is 7. The lowest BCUT2D eigenvalue weighted by molar-refractivity contribution is -0.115. The molecule has 0 saturated carbocycles. The van der Waals surface area contributed by atoms with Gasteiger partial charge < -0.3 is 19.3 Å². The van der Waals surface area contributed by atoms with Crippen LogP contribution in [0, 0.1) is 0 Å². The minimum absolute atomic E-state index is 0.361. The molecular formula is C17H23N3O4S. The number of carbonyl (C=O) groups is 2. The third-order valence-electron chi connectivity index (χ3n) is 3.76. The average Bonchev–Trinajstić information content (AvgIpc) is 2.89. The topological polar surface area (TPSA) is 71.1 Å². The Morgan fingerprint density at radius 1 is 1.08 bits per heavy atom. The van der Waals surface area contributed by atoms with E-state index in [0.717, 1.165) is 36.1 Å². The van der Waals surface area contributed by atoms with Gasteiger partial charge in [0, 0.05) is 37.5 Å². The van der Waals surface area contributed by atoms with Gasteiger partial charge in [0.15, 0.2) is 11.5 Å². The van der Waals surface area contributed by atoms with E-state index >= 15 is 0 Å². The molecule has 0 atom stereocenters. The number of hydrogen-bond donors (Lipinski definition) is 1. The van der Waals surface area contributed by atoms with Crippen molar-refractivity contribution in [2.24, 2.45) is 0 Å². The summed E-state index contributed by atoms with van der Waals surface area (Å²) in [5.41, 5.74) is 1.67. The maximum Gasteiger partial charge on any atom is 0.290 e. The summed E-state index contributed by atoms with van der Waals surface area (Å²) in [6.07, 6.45) is 1.70. The van der Waals surface area contributed by atoms with E-state index in [1.165, 1.54) is 0 Å². The van der Waals surface area contributed by atoms with Crippen LogP contribution in [-0.2, 0) is 4.79 Å². The van der Waals surface area contributed by atoms with E-state index in [-0.39, 0.29) is 11.1 Å². The first-order valence-corrected chi connectivity index (χ1v) is 8.54. The quantitative estimate of drug-likeness (QED) is 0.741. The molecule has 0 aromatic heterocycles. The van der Waals surface area contributed by atoms with Crippen molar-refractivity contribution in [1.29, 1.82) is 0 Å². The highest BCUT2D eigenvalue weighted by molar-refractivity contribution is 8.18. The first kappa shape index (κ1) is 19.1. The normalized spacial score (nSPS) is 15.7. The number of thioether (sulfide) groups is 1. The van der Waals surface area contributed by atoms with Crippen LogP contribution in [0.2, 0.25) is 0 Å². The minimum Gasteiger partial charge on any atom is -0.493 e. The van der Waals surface area contributed by atoms with Crippen molar-refractivity contribution in [3.05, 3.63) is 22.6 Å². The standard InChI is InChI=1S/C17H23N3O4S/c1-19(2)6-7-20(3)12-10-14(24-5)13(23-4)8-11(12)9-15-16(21)18-17(22)25-15/h8-10H,6-7H2,1-5H3,(H,18,21,22). The number of amides is 2. The predicted octanol–water partition coefficient (Wildman–Crippen LogP) is 2.03. The first-order valence-electron chi connectivity index (χ1n) is 7.72. The van der Waals surface area contributed by atoms with Crippen LogP contribution >= 0.6 is 11.8 Å². The number of hydrogen-bond acceptors (Lipinski definition) is 7. The van der Waals surface area contributed by atoms with Crippen molar-refractivity contribution in [2.45, 2.75) is 0 Å². The molecular weight excluding hydrogens is 342 g/mol. The molecule has 2 rings (SSSR count). The second kappa shape index (κ2) is 8.26. The Kier molecular flexibility index (Phi) is 6.33. The molecule has 1 aromatic rings. The van der Waals surface area contributed by atoms with Gasteiger partial charge in [-0.1, -0.05) is 0 Å². The number of nitrogens with one attached hydrogen (secondary N) is 1. The molecule has 0 radical (unpaired) electrons. The number of anilines is 1. The van der Waals surface area contributed by atoms with Crippen LogP contribution in [0.15, 0.2) is 17.0 Å². The highest BCUT2D eigenvalue weighted by Crippen LogP contribution is 2.37. The van der Waals surface area contributed by atoms with E-state index in [1.807, 2.05) is 33.3 Å². The fourth-order valence-electron chi connectivity index (χ4n) is 2.36. The summed E-state index contributed by atoms with van der Waals surface area (Å²) < 4.78 is 10.8. The highest BCUT2D eigenvalue weighted by atomic mass is 32.2. The fourth-order valence-corrected chi connectivity index (χ4v) is 3.04. The molecule has 1 saturated heterocycles. The Hall–Kier alpha value is -2.19. The predicted molar refractivity (Wildman–Crippen MR) is 100 cm³/mol. The number of nitrogens with zero attached hydrogens (tertiary/aromatic N) is 2. The Morgan fingerprint density at radius 3 is 2.24 bits per heavy atom. The number of ether oxygens (including phenoxy) is 2. The SMILES string of the molecule is COc1cc(C=C2SC(=O)NC2=O)c(N(C)CCN(C)C)cc1OC. The van der Waals surface area contributed by atoms with E-state index in [0.29, 0.717) is 16.4 Å². The van der Waals surface area contributed by atoms with Crippen molar-refractivity contribution in [3.63, 3.8) is 0 Å². The maximum atomic E-state index is 11.9. The summed E-state index contributed by atoms with van der Waals surface area (Å²) in [6.45, 7) is 1.66. The van der Waals surface area contributed by atoms with Crippen molar-refractivity contribution >= 4 is 34.7 Å². The Balaban J connectivity index is 2.46. The van der Waals surface area contributed by atoms with Gasteiger partial charge in [-0.3, -0.25) is 14.9 Å². The summed E-state index contributed by atoms with van der Waals surface area (Å²) in [4.78, 5) is 27.8. The van der Waals surface area contributed by atoms with Crippen molar-refractivity contribution in [1.82, 2.24) is 10.2 Å². The van der Waals surface area contributed by atoms with Crippen LogP contribution in [0.4, 0.5) is 10.5 Å². The Bertz CT molecular complexity index is 703. The maximum absolute atomic E-state index is 11.9. The van der Waals surface area contributed by atoms with Gasteiger partial charge in [0.25, 0.3) is 11.1 Å². The number of carbonyl (C=O) groups excluding carboxylic acids is 2. The first-order chi connectivity index (χ1) is 11.8. The third-order valence-corrected chi connectivity index (χ3v) is 4.57. The van der Waals surface area contributed by atoms with E-state index in [1.54, 1.807) is 20.3 Å². The molecule has 25 heavy (non-hydrogen) atoms. The third kappa shape index (κ3) is 4.67. The van der Waals surface area contributed by atoms with Gasteiger partial charge in [-0.2, -0.15) is 0 Å². The number of benzene rings is 1. The van der Waals surface area contributed by atoms with Crippen LogP contribution in [-0.4, -0.2) is 64.5 Å². The van der Waals surface area contributed by atoms with Crippen LogP contribution in [0.1, 0.15) is 5.56 Å². The average molecular weight is 365 g/mol. The number of imide groups is 1. The van der Waals surface area contributed by atoms with Crippen molar-refractivity contribution in [3.8, 4) is 11.5 Å². The smallest absolute Gasteiger partial charge is 0.290 e. The van der Waals surface area contributed by atoms with E-state index in [9.17, 15) is 9.59 Å². The fraction of sp³-hybridized carbons (Fsp3) is 0.412. The molecule has 0 aliphatic carbocycles. The van der Waals surface area contributed by atoms with Gasteiger partial charge in [0.1, 0.15) is 0 Å². The monoisotopic (exact) mass is 365 g/mol. The highest BCUT2D eigenvalue weighted by Gasteiger charge is 2.26. The lowest BCUT2D eigenvalue weighted by atomic mass is 10.1. The summed E-state index contributed by atoms with van der Waals surface area (Å²) >= 11 is 0.893. The molecule has 1 heterocycles. The molecule has 1 fully saturated rings. The number of likely N-dealkylation sites (N-methyl/N-ethyl adjacent to an activating group) is 2. The van der Waals surface area contributed by atoms with E-state index in [2.05, 4.69) is 15.1 Å². The molecule has 2 amide bonds. The Labute approximate surface area is 151 Å². The van der Waals surface area contributed by atoms with Crippen LogP contribution < -0.4 is 19.7 Å². The molecule has 1 aliphatic rings. The molecule has 1 aromatic carbocycles. The lowest BCUT2D eigenvalue weighted by Crippen LogP contribution is -2.29. The summed E-state index contributed by atoms with van der Waals surface area (Å²) in [7, 11) is 9.13.